The number of rotatable bonds is 18. The van der Waals surface area contributed by atoms with Gasteiger partial charge in [-0.05, 0) is 109 Å². The molecule has 2 saturated carbocycles. The van der Waals surface area contributed by atoms with E-state index >= 15 is 0 Å². The van der Waals surface area contributed by atoms with Gasteiger partial charge in [-0.15, -0.1) is 0 Å². The molecule has 50 heavy (non-hydrogen) atoms. The number of pyridine rings is 1. The van der Waals surface area contributed by atoms with Crippen LogP contribution in [0.25, 0.3) is 10.9 Å². The molecular weight excluding hydrogens is 686 g/mol. The van der Waals surface area contributed by atoms with Crippen LogP contribution in [0.5, 0.6) is 0 Å². The summed E-state index contributed by atoms with van der Waals surface area (Å²) in [5, 5.41) is 32.0. The molecular formula is C41H46ClNO5S2. The summed E-state index contributed by atoms with van der Waals surface area (Å²) in [6.45, 7) is 3.66. The number of nitrogens with zero attached hydrogens (tertiary/aromatic N) is 1. The highest BCUT2D eigenvalue weighted by molar-refractivity contribution is 7.99. The molecule has 0 amide bonds. The number of carboxylic acid groups (broad SMARTS) is 2. The van der Waals surface area contributed by atoms with Crippen LogP contribution in [0, 0.1) is 10.8 Å². The van der Waals surface area contributed by atoms with Crippen molar-refractivity contribution in [3.63, 3.8) is 0 Å². The Morgan fingerprint density at radius 1 is 0.860 bits per heavy atom. The summed E-state index contributed by atoms with van der Waals surface area (Å²) in [5.74, 6) is 1.05. The fourth-order valence-corrected chi connectivity index (χ4v) is 10.2. The van der Waals surface area contributed by atoms with Crippen LogP contribution in [0.15, 0.2) is 78.9 Å². The van der Waals surface area contributed by atoms with E-state index in [1.165, 1.54) is 11.1 Å². The Morgan fingerprint density at radius 2 is 1.52 bits per heavy atom. The SMILES string of the molecule is CC(C)(O)c1ccccc1C(CCSCC1(CC(=O)O)CC1)c1cccc([C@H](Cc2ccc3ccc(Cl)cc3n2)SCC2(CC(=O)O)CC2)c1. The molecule has 0 aliphatic heterocycles. The Morgan fingerprint density at radius 3 is 2.20 bits per heavy atom. The lowest BCUT2D eigenvalue weighted by atomic mass is 9.81. The van der Waals surface area contributed by atoms with Crippen molar-refractivity contribution in [2.75, 3.05) is 17.3 Å². The highest BCUT2D eigenvalue weighted by Crippen LogP contribution is 2.54. The number of hydrogen-bond acceptors (Lipinski definition) is 6. The molecule has 9 heteroatoms. The van der Waals surface area contributed by atoms with Gasteiger partial charge in [0.2, 0.25) is 0 Å². The van der Waals surface area contributed by atoms with Gasteiger partial charge in [0.25, 0.3) is 0 Å². The summed E-state index contributed by atoms with van der Waals surface area (Å²) >= 11 is 9.98. The monoisotopic (exact) mass is 731 g/mol. The Bertz CT molecular complexity index is 1850. The molecule has 6 rings (SSSR count). The standard InChI is InChI=1S/C41H46ClNO5S2/c1-39(2,48)34-9-4-3-8-33(34)32(14-19-49-25-40(15-16-40)23-37(44)45)28-6-5-7-29(20-28)36(50-26-41(17-18-41)24-38(46)47)22-31-13-11-27-10-12-30(42)21-35(27)43-31/h3-13,20-21,32,36,48H,14-19,22-26H2,1-2H3,(H,44,45)(H,46,47)/t32?,36-/m0/s1. The summed E-state index contributed by atoms with van der Waals surface area (Å²) in [5.41, 5.74) is 4.91. The molecule has 6 nitrogen and oxygen atoms in total. The van der Waals surface area contributed by atoms with Crippen LogP contribution < -0.4 is 0 Å². The molecule has 0 radical (unpaired) electrons. The number of thioether (sulfide) groups is 2. The second-order valence-electron chi connectivity index (χ2n) is 15.0. The van der Waals surface area contributed by atoms with E-state index in [1.807, 2.05) is 73.8 Å². The number of aromatic nitrogens is 1. The third-order valence-corrected chi connectivity index (χ3v) is 13.5. The van der Waals surface area contributed by atoms with Gasteiger partial charge in [-0.3, -0.25) is 14.6 Å². The minimum absolute atomic E-state index is 0.0214. The number of aliphatic hydroxyl groups is 1. The number of aliphatic carboxylic acids is 2. The maximum absolute atomic E-state index is 11.7. The van der Waals surface area contributed by atoms with Crippen LogP contribution >= 0.6 is 35.1 Å². The van der Waals surface area contributed by atoms with E-state index in [-0.39, 0.29) is 34.8 Å². The average Bonchev–Trinajstić information content (AvgIpc) is 4.00. The molecule has 1 heterocycles. The molecule has 3 aromatic carbocycles. The number of halogens is 1. The quantitative estimate of drug-likeness (QED) is 0.0869. The van der Waals surface area contributed by atoms with E-state index in [1.54, 1.807) is 0 Å². The molecule has 0 bridgehead atoms. The van der Waals surface area contributed by atoms with Crippen molar-refractivity contribution in [1.29, 1.82) is 0 Å². The van der Waals surface area contributed by atoms with Crippen molar-refractivity contribution >= 4 is 58.0 Å². The van der Waals surface area contributed by atoms with Crippen LogP contribution in [-0.2, 0) is 21.6 Å². The second kappa shape index (κ2) is 15.3. The van der Waals surface area contributed by atoms with Gasteiger partial charge >= 0.3 is 11.9 Å². The average molecular weight is 732 g/mol. The molecule has 2 aliphatic rings. The van der Waals surface area contributed by atoms with E-state index in [0.29, 0.717) is 11.4 Å². The van der Waals surface area contributed by atoms with Crippen LogP contribution in [0.1, 0.15) is 97.9 Å². The van der Waals surface area contributed by atoms with Gasteiger partial charge in [-0.25, -0.2) is 0 Å². The normalized spacial score (nSPS) is 17.3. The fourth-order valence-electron chi connectivity index (χ4n) is 7.05. The van der Waals surface area contributed by atoms with Gasteiger partial charge in [-0.2, -0.15) is 23.5 Å². The zero-order valence-electron chi connectivity index (χ0n) is 28.7. The molecule has 3 N–H and O–H groups in total. The molecule has 1 aromatic heterocycles. The second-order valence-corrected chi connectivity index (χ2v) is 17.7. The predicted octanol–water partition coefficient (Wildman–Crippen LogP) is 9.90. The zero-order chi connectivity index (χ0) is 35.5. The third kappa shape index (κ3) is 9.44. The summed E-state index contributed by atoms with van der Waals surface area (Å²) in [4.78, 5) is 28.1. The van der Waals surface area contributed by atoms with Crippen molar-refractivity contribution in [2.45, 2.75) is 82.0 Å². The molecule has 2 atom stereocenters. The summed E-state index contributed by atoms with van der Waals surface area (Å²) in [6, 6.07) is 26.8. The molecule has 4 aromatic rings. The summed E-state index contributed by atoms with van der Waals surface area (Å²) < 4.78 is 0. The van der Waals surface area contributed by atoms with Crippen molar-refractivity contribution in [3.8, 4) is 0 Å². The molecule has 2 aliphatic carbocycles. The van der Waals surface area contributed by atoms with Crippen LogP contribution in [0.2, 0.25) is 5.02 Å². The molecule has 1 unspecified atom stereocenters. The van der Waals surface area contributed by atoms with Gasteiger partial charge in [0.15, 0.2) is 0 Å². The smallest absolute Gasteiger partial charge is 0.303 e. The molecule has 0 spiro atoms. The minimum Gasteiger partial charge on any atom is -0.481 e. The number of carbonyl (C=O) groups is 2. The first kappa shape index (κ1) is 36.7. The Balaban J connectivity index is 1.31. The number of hydrogen-bond donors (Lipinski definition) is 3. The van der Waals surface area contributed by atoms with Crippen molar-refractivity contribution in [1.82, 2.24) is 4.98 Å². The highest BCUT2D eigenvalue weighted by atomic mass is 35.5. The third-order valence-electron chi connectivity index (χ3n) is 10.3. The van der Waals surface area contributed by atoms with E-state index in [4.69, 9.17) is 16.6 Å². The fraction of sp³-hybridized carbons (Fsp3) is 0.439. The van der Waals surface area contributed by atoms with Crippen molar-refractivity contribution in [3.05, 3.63) is 112 Å². The summed E-state index contributed by atoms with van der Waals surface area (Å²) in [6.07, 6.45) is 5.79. The zero-order valence-corrected chi connectivity index (χ0v) is 31.1. The van der Waals surface area contributed by atoms with E-state index in [2.05, 4.69) is 42.5 Å². The molecule has 0 saturated heterocycles. The predicted molar refractivity (Wildman–Crippen MR) is 205 cm³/mol. The van der Waals surface area contributed by atoms with Gasteiger partial charge in [0.05, 0.1) is 24.0 Å². The Labute approximate surface area is 308 Å². The van der Waals surface area contributed by atoms with Gasteiger partial charge < -0.3 is 15.3 Å². The van der Waals surface area contributed by atoms with E-state index in [9.17, 15) is 24.9 Å². The first-order valence-corrected chi connectivity index (χ1v) is 20.0. The van der Waals surface area contributed by atoms with Gasteiger partial charge in [-0.1, -0.05) is 72.3 Å². The van der Waals surface area contributed by atoms with Crippen molar-refractivity contribution < 1.29 is 24.9 Å². The highest BCUT2D eigenvalue weighted by Gasteiger charge is 2.45. The molecule has 2 fully saturated rings. The number of carboxylic acids is 2. The first-order valence-electron chi connectivity index (χ1n) is 17.4. The number of benzene rings is 3. The minimum atomic E-state index is -1.02. The molecule has 264 valence electrons. The first-order chi connectivity index (χ1) is 23.8. The summed E-state index contributed by atoms with van der Waals surface area (Å²) in [7, 11) is 0. The topological polar surface area (TPSA) is 108 Å². The lowest BCUT2D eigenvalue weighted by molar-refractivity contribution is -0.139. The van der Waals surface area contributed by atoms with Crippen LogP contribution in [0.3, 0.4) is 0 Å². The van der Waals surface area contributed by atoms with Crippen LogP contribution in [-0.4, -0.2) is 49.5 Å². The Kier molecular flexibility index (Phi) is 11.2. The van der Waals surface area contributed by atoms with E-state index < -0.39 is 17.5 Å². The van der Waals surface area contributed by atoms with Crippen LogP contribution in [0.4, 0.5) is 0 Å². The maximum Gasteiger partial charge on any atom is 0.303 e. The lowest BCUT2D eigenvalue weighted by Crippen LogP contribution is -2.20. The lowest BCUT2D eigenvalue weighted by Gasteiger charge is -2.28. The van der Waals surface area contributed by atoms with E-state index in [0.717, 1.165) is 77.1 Å². The van der Waals surface area contributed by atoms with Crippen molar-refractivity contribution in [2.24, 2.45) is 10.8 Å². The van der Waals surface area contributed by atoms with Gasteiger partial charge in [0, 0.05) is 39.4 Å². The van der Waals surface area contributed by atoms with Gasteiger partial charge in [0.1, 0.15) is 0 Å². The Hall–Kier alpha value is -3.04. The number of fused-ring (bicyclic) bond motifs is 1. The largest absolute Gasteiger partial charge is 0.481 e. The maximum atomic E-state index is 11.7.